The van der Waals surface area contributed by atoms with Gasteiger partial charge in [0.05, 0.1) is 10.0 Å². The zero-order valence-corrected chi connectivity index (χ0v) is 13.7. The van der Waals surface area contributed by atoms with E-state index >= 15 is 0 Å². The second-order valence-corrected chi connectivity index (χ2v) is 6.88. The Labute approximate surface area is 136 Å². The quantitative estimate of drug-likeness (QED) is 0.920. The van der Waals surface area contributed by atoms with E-state index in [0.717, 1.165) is 31.6 Å². The Hall–Kier alpha value is -0.320. The van der Waals surface area contributed by atoms with Gasteiger partial charge in [-0.25, -0.2) is 0 Å². The van der Waals surface area contributed by atoms with Crippen LogP contribution in [0.3, 0.4) is 0 Å². The predicted molar refractivity (Wildman–Crippen MR) is 87.0 cm³/mol. The van der Waals surface area contributed by atoms with Crippen molar-refractivity contribution < 1.29 is 5.11 Å². The van der Waals surface area contributed by atoms with Crippen molar-refractivity contribution in [2.45, 2.75) is 37.9 Å². The van der Waals surface area contributed by atoms with Gasteiger partial charge in [-0.1, -0.05) is 35.3 Å². The number of halogens is 2. The Kier molecular flexibility index (Phi) is 5.07. The second-order valence-electron chi connectivity index (χ2n) is 6.10. The zero-order chi connectivity index (χ0) is 14.8. The summed E-state index contributed by atoms with van der Waals surface area (Å²) >= 11 is 12.4. The van der Waals surface area contributed by atoms with Crippen molar-refractivity contribution in [2.24, 2.45) is 0 Å². The molecule has 1 N–H and O–H groups in total. The first-order valence-corrected chi connectivity index (χ1v) is 8.46. The van der Waals surface area contributed by atoms with E-state index < -0.39 is 0 Å². The molecule has 0 spiro atoms. The summed E-state index contributed by atoms with van der Waals surface area (Å²) in [6.45, 7) is 4.38. The van der Waals surface area contributed by atoms with Crippen molar-refractivity contribution in [3.05, 3.63) is 33.8 Å². The predicted octanol–water partition coefficient (Wildman–Crippen LogP) is 3.02. The number of benzene rings is 1. The van der Waals surface area contributed by atoms with E-state index in [1.54, 1.807) is 0 Å². The molecule has 1 aromatic rings. The lowest BCUT2D eigenvalue weighted by molar-refractivity contribution is 0.0334. The smallest absolute Gasteiger partial charge is 0.0637 e. The molecule has 2 fully saturated rings. The van der Waals surface area contributed by atoms with E-state index in [2.05, 4.69) is 9.80 Å². The first kappa shape index (κ1) is 15.6. The van der Waals surface area contributed by atoms with Gasteiger partial charge in [0.2, 0.25) is 0 Å². The standard InChI is InChI=1S/C16H22Cl2N2O/c17-15-5-1-3-12(16(15)18)9-20-11-13-4-2-7-19(13)10-14(20)6-8-21/h1,3,5,13-14,21H,2,4,6-11H2/t13-,14+/m1/s1. The molecule has 3 nitrogen and oxygen atoms in total. The van der Waals surface area contributed by atoms with Crippen molar-refractivity contribution in [1.82, 2.24) is 9.80 Å². The largest absolute Gasteiger partial charge is 0.396 e. The van der Waals surface area contributed by atoms with Gasteiger partial charge in [0.1, 0.15) is 0 Å². The topological polar surface area (TPSA) is 26.7 Å². The Morgan fingerprint density at radius 2 is 2.10 bits per heavy atom. The SMILES string of the molecule is OCC[C@H]1CN2CCC[C@@H]2CN1Cc1cccc(Cl)c1Cl. The molecule has 2 aliphatic heterocycles. The maximum atomic E-state index is 9.35. The van der Waals surface area contributed by atoms with E-state index in [-0.39, 0.29) is 6.61 Å². The van der Waals surface area contributed by atoms with Crippen LogP contribution in [-0.4, -0.2) is 53.2 Å². The van der Waals surface area contributed by atoms with Crippen LogP contribution in [0.4, 0.5) is 0 Å². The van der Waals surface area contributed by atoms with E-state index in [9.17, 15) is 5.11 Å². The first-order valence-electron chi connectivity index (χ1n) is 7.71. The van der Waals surface area contributed by atoms with E-state index in [1.165, 1.54) is 19.4 Å². The molecule has 2 aliphatic rings. The summed E-state index contributed by atoms with van der Waals surface area (Å²) in [6.07, 6.45) is 3.40. The summed E-state index contributed by atoms with van der Waals surface area (Å²) in [5.41, 5.74) is 1.08. The van der Waals surface area contributed by atoms with Crippen LogP contribution in [0.5, 0.6) is 0 Å². The number of hydrogen-bond acceptors (Lipinski definition) is 3. The highest BCUT2D eigenvalue weighted by Gasteiger charge is 2.36. The van der Waals surface area contributed by atoms with Crippen molar-refractivity contribution in [3.63, 3.8) is 0 Å². The number of fused-ring (bicyclic) bond motifs is 1. The molecule has 0 aliphatic carbocycles. The zero-order valence-electron chi connectivity index (χ0n) is 12.1. The van der Waals surface area contributed by atoms with Crippen LogP contribution in [0.15, 0.2) is 18.2 Å². The Bertz CT molecular complexity index is 497. The molecule has 0 unspecified atom stereocenters. The highest BCUT2D eigenvalue weighted by atomic mass is 35.5. The molecule has 2 atom stereocenters. The summed E-state index contributed by atoms with van der Waals surface area (Å²) in [5, 5.41) is 10.6. The van der Waals surface area contributed by atoms with E-state index in [4.69, 9.17) is 23.2 Å². The lowest BCUT2D eigenvalue weighted by Crippen LogP contribution is -2.55. The number of nitrogens with zero attached hydrogens (tertiary/aromatic N) is 2. The van der Waals surface area contributed by atoms with Gasteiger partial charge >= 0.3 is 0 Å². The fourth-order valence-corrected chi connectivity index (χ4v) is 4.03. The van der Waals surface area contributed by atoms with Crippen LogP contribution in [0.25, 0.3) is 0 Å². The van der Waals surface area contributed by atoms with Crippen molar-refractivity contribution >= 4 is 23.2 Å². The van der Waals surface area contributed by atoms with Gasteiger partial charge in [-0.2, -0.15) is 0 Å². The van der Waals surface area contributed by atoms with Crippen LogP contribution < -0.4 is 0 Å². The van der Waals surface area contributed by atoms with Gasteiger partial charge in [0, 0.05) is 38.3 Å². The fourth-order valence-electron chi connectivity index (χ4n) is 3.65. The summed E-state index contributed by atoms with van der Waals surface area (Å²) in [6, 6.07) is 6.90. The van der Waals surface area contributed by atoms with Gasteiger partial charge in [0.15, 0.2) is 0 Å². The maximum absolute atomic E-state index is 9.35. The molecule has 5 heteroatoms. The minimum absolute atomic E-state index is 0.239. The number of aliphatic hydroxyl groups is 1. The molecule has 21 heavy (non-hydrogen) atoms. The number of hydrogen-bond donors (Lipinski definition) is 1. The van der Waals surface area contributed by atoms with Gasteiger partial charge in [-0.05, 0) is 37.4 Å². The third kappa shape index (κ3) is 3.38. The summed E-state index contributed by atoms with van der Waals surface area (Å²) in [7, 11) is 0. The number of rotatable bonds is 4. The number of aliphatic hydroxyl groups excluding tert-OH is 1. The lowest BCUT2D eigenvalue weighted by Gasteiger charge is -2.43. The van der Waals surface area contributed by atoms with Gasteiger partial charge in [-0.3, -0.25) is 9.80 Å². The van der Waals surface area contributed by atoms with Crippen LogP contribution in [-0.2, 0) is 6.54 Å². The molecule has 0 saturated carbocycles. The molecular weight excluding hydrogens is 307 g/mol. The summed E-state index contributed by atoms with van der Waals surface area (Å²) in [5.74, 6) is 0. The van der Waals surface area contributed by atoms with Crippen LogP contribution in [0.1, 0.15) is 24.8 Å². The fraction of sp³-hybridized carbons (Fsp3) is 0.625. The second kappa shape index (κ2) is 6.84. The highest BCUT2D eigenvalue weighted by molar-refractivity contribution is 6.42. The molecule has 0 amide bonds. The Balaban J connectivity index is 1.76. The molecular formula is C16H22Cl2N2O. The third-order valence-corrected chi connectivity index (χ3v) is 5.63. The number of piperazine rings is 1. The summed E-state index contributed by atoms with van der Waals surface area (Å²) in [4.78, 5) is 5.05. The Morgan fingerprint density at radius 3 is 2.90 bits per heavy atom. The molecule has 3 rings (SSSR count). The first-order chi connectivity index (χ1) is 10.2. The molecule has 0 radical (unpaired) electrons. The highest BCUT2D eigenvalue weighted by Crippen LogP contribution is 2.30. The molecule has 0 aromatic heterocycles. The average Bonchev–Trinajstić information content (AvgIpc) is 2.91. The van der Waals surface area contributed by atoms with Crippen molar-refractivity contribution in [3.8, 4) is 0 Å². The summed E-state index contributed by atoms with van der Waals surface area (Å²) < 4.78 is 0. The molecule has 2 heterocycles. The minimum Gasteiger partial charge on any atom is -0.396 e. The van der Waals surface area contributed by atoms with Gasteiger partial charge < -0.3 is 5.11 Å². The Morgan fingerprint density at radius 1 is 1.24 bits per heavy atom. The monoisotopic (exact) mass is 328 g/mol. The molecule has 116 valence electrons. The van der Waals surface area contributed by atoms with E-state index in [0.29, 0.717) is 22.1 Å². The lowest BCUT2D eigenvalue weighted by atomic mass is 10.0. The van der Waals surface area contributed by atoms with Crippen LogP contribution in [0.2, 0.25) is 10.0 Å². The molecule has 0 bridgehead atoms. The van der Waals surface area contributed by atoms with Crippen molar-refractivity contribution in [2.75, 3.05) is 26.2 Å². The average molecular weight is 329 g/mol. The van der Waals surface area contributed by atoms with Crippen LogP contribution >= 0.6 is 23.2 Å². The van der Waals surface area contributed by atoms with Crippen LogP contribution in [0, 0.1) is 0 Å². The molecule has 2 saturated heterocycles. The van der Waals surface area contributed by atoms with E-state index in [1.807, 2.05) is 18.2 Å². The maximum Gasteiger partial charge on any atom is 0.0637 e. The molecule has 1 aromatic carbocycles. The van der Waals surface area contributed by atoms with Crippen molar-refractivity contribution in [1.29, 1.82) is 0 Å². The van der Waals surface area contributed by atoms with Gasteiger partial charge in [-0.15, -0.1) is 0 Å². The minimum atomic E-state index is 0.239. The third-order valence-electron chi connectivity index (χ3n) is 4.77. The normalized spacial score (nSPS) is 27.0. The van der Waals surface area contributed by atoms with Gasteiger partial charge in [0.25, 0.3) is 0 Å².